The number of amides is 1. The standard InChI is InChI=1S/C16H12Cl2N2O5/c1-9(15(21)19-13-7-11(17)6-12(18)8-13)25-16(22)10-2-4-14(5-3-10)20(23)24/h2-9H,1H3,(H,19,21)/t9-/m1/s1. The van der Waals surface area contributed by atoms with E-state index in [1.807, 2.05) is 0 Å². The first-order valence-electron chi connectivity index (χ1n) is 6.98. The molecule has 9 heteroatoms. The van der Waals surface area contributed by atoms with Gasteiger partial charge in [0.15, 0.2) is 6.10 Å². The van der Waals surface area contributed by atoms with E-state index in [2.05, 4.69) is 5.32 Å². The van der Waals surface area contributed by atoms with Crippen molar-refractivity contribution in [3.8, 4) is 0 Å². The highest BCUT2D eigenvalue weighted by molar-refractivity contribution is 6.35. The molecule has 130 valence electrons. The van der Waals surface area contributed by atoms with Crippen LogP contribution in [0, 0.1) is 10.1 Å². The van der Waals surface area contributed by atoms with Crippen LogP contribution >= 0.6 is 23.2 Å². The third kappa shape index (κ3) is 5.17. The van der Waals surface area contributed by atoms with Crippen LogP contribution in [0.1, 0.15) is 17.3 Å². The van der Waals surface area contributed by atoms with Gasteiger partial charge in [0.2, 0.25) is 0 Å². The van der Waals surface area contributed by atoms with Crippen molar-refractivity contribution in [1.29, 1.82) is 0 Å². The summed E-state index contributed by atoms with van der Waals surface area (Å²) in [5.74, 6) is -1.35. The fourth-order valence-electron chi connectivity index (χ4n) is 1.87. The van der Waals surface area contributed by atoms with Gasteiger partial charge in [-0.25, -0.2) is 4.79 Å². The van der Waals surface area contributed by atoms with E-state index in [0.717, 1.165) is 0 Å². The zero-order valence-corrected chi connectivity index (χ0v) is 14.4. The number of hydrogen-bond donors (Lipinski definition) is 1. The fraction of sp³-hybridized carbons (Fsp3) is 0.125. The highest BCUT2D eigenvalue weighted by atomic mass is 35.5. The van der Waals surface area contributed by atoms with Crippen molar-refractivity contribution in [2.24, 2.45) is 0 Å². The molecule has 0 heterocycles. The predicted molar refractivity (Wildman–Crippen MR) is 93.1 cm³/mol. The summed E-state index contributed by atoms with van der Waals surface area (Å²) < 4.78 is 5.04. The first-order valence-corrected chi connectivity index (χ1v) is 7.74. The van der Waals surface area contributed by atoms with Crippen LogP contribution in [0.3, 0.4) is 0 Å². The lowest BCUT2D eigenvalue weighted by atomic mass is 10.2. The Labute approximate surface area is 152 Å². The Bertz CT molecular complexity index is 804. The van der Waals surface area contributed by atoms with Crippen LogP contribution in [0.25, 0.3) is 0 Å². The fourth-order valence-corrected chi connectivity index (χ4v) is 2.40. The molecule has 0 saturated heterocycles. The van der Waals surface area contributed by atoms with Gasteiger partial charge in [-0.2, -0.15) is 0 Å². The quantitative estimate of drug-likeness (QED) is 0.477. The molecule has 2 rings (SSSR count). The summed E-state index contributed by atoms with van der Waals surface area (Å²) >= 11 is 11.7. The van der Waals surface area contributed by atoms with E-state index in [-0.39, 0.29) is 11.3 Å². The zero-order valence-electron chi connectivity index (χ0n) is 12.9. The van der Waals surface area contributed by atoms with Gasteiger partial charge in [-0.05, 0) is 37.3 Å². The number of esters is 1. The van der Waals surface area contributed by atoms with E-state index in [0.29, 0.717) is 15.7 Å². The maximum Gasteiger partial charge on any atom is 0.338 e. The summed E-state index contributed by atoms with van der Waals surface area (Å²) in [6.07, 6.45) is -1.10. The zero-order chi connectivity index (χ0) is 18.6. The number of nitro groups is 1. The molecular weight excluding hydrogens is 371 g/mol. The number of benzene rings is 2. The van der Waals surface area contributed by atoms with Crippen LogP contribution in [-0.4, -0.2) is 22.9 Å². The predicted octanol–water partition coefficient (Wildman–Crippen LogP) is 4.09. The molecule has 0 saturated carbocycles. The summed E-state index contributed by atoms with van der Waals surface area (Å²) in [6.45, 7) is 1.39. The highest BCUT2D eigenvalue weighted by Crippen LogP contribution is 2.22. The number of carbonyl (C=O) groups is 2. The molecule has 0 fully saturated rings. The van der Waals surface area contributed by atoms with Crippen LogP contribution in [-0.2, 0) is 9.53 Å². The Morgan fingerprint density at radius 2 is 1.68 bits per heavy atom. The van der Waals surface area contributed by atoms with Gasteiger partial charge in [0.05, 0.1) is 10.5 Å². The second-order valence-electron chi connectivity index (χ2n) is 5.00. The summed E-state index contributed by atoms with van der Waals surface area (Å²) in [4.78, 5) is 34.1. The summed E-state index contributed by atoms with van der Waals surface area (Å²) in [5.41, 5.74) is 0.303. The van der Waals surface area contributed by atoms with Crippen LogP contribution < -0.4 is 5.32 Å². The Morgan fingerprint density at radius 1 is 1.12 bits per heavy atom. The Morgan fingerprint density at radius 3 is 2.20 bits per heavy atom. The number of halogens is 2. The highest BCUT2D eigenvalue weighted by Gasteiger charge is 2.20. The second kappa shape index (κ2) is 7.96. The van der Waals surface area contributed by atoms with Crippen LogP contribution in [0.2, 0.25) is 10.0 Å². The minimum Gasteiger partial charge on any atom is -0.449 e. The number of hydrogen-bond acceptors (Lipinski definition) is 5. The van der Waals surface area contributed by atoms with Gasteiger partial charge in [0, 0.05) is 27.9 Å². The maximum absolute atomic E-state index is 12.1. The molecule has 0 unspecified atom stereocenters. The Hall–Kier alpha value is -2.64. The molecule has 0 radical (unpaired) electrons. The van der Waals surface area contributed by atoms with Gasteiger partial charge in [0.25, 0.3) is 11.6 Å². The normalized spacial score (nSPS) is 11.5. The Balaban J connectivity index is 2.00. The lowest BCUT2D eigenvalue weighted by molar-refractivity contribution is -0.384. The van der Waals surface area contributed by atoms with Gasteiger partial charge in [-0.15, -0.1) is 0 Å². The molecule has 1 N–H and O–H groups in total. The van der Waals surface area contributed by atoms with Crippen molar-refractivity contribution in [3.05, 3.63) is 68.2 Å². The molecule has 0 aliphatic carbocycles. The summed E-state index contributed by atoms with van der Waals surface area (Å²) in [5, 5.41) is 13.8. The van der Waals surface area contributed by atoms with E-state index < -0.39 is 22.9 Å². The van der Waals surface area contributed by atoms with Gasteiger partial charge in [-0.1, -0.05) is 23.2 Å². The number of anilines is 1. The van der Waals surface area contributed by atoms with E-state index in [9.17, 15) is 19.7 Å². The minimum absolute atomic E-state index is 0.0936. The molecule has 7 nitrogen and oxygen atoms in total. The van der Waals surface area contributed by atoms with Crippen molar-refractivity contribution in [3.63, 3.8) is 0 Å². The minimum atomic E-state index is -1.10. The van der Waals surface area contributed by atoms with Crippen molar-refractivity contribution in [2.45, 2.75) is 13.0 Å². The number of nitrogens with one attached hydrogen (secondary N) is 1. The molecular formula is C16H12Cl2N2O5. The van der Waals surface area contributed by atoms with Crippen LogP contribution in [0.5, 0.6) is 0 Å². The van der Waals surface area contributed by atoms with Gasteiger partial charge >= 0.3 is 5.97 Å². The molecule has 0 aliphatic rings. The van der Waals surface area contributed by atoms with E-state index >= 15 is 0 Å². The van der Waals surface area contributed by atoms with Crippen molar-refractivity contribution in [1.82, 2.24) is 0 Å². The average Bonchev–Trinajstić information content (AvgIpc) is 2.53. The molecule has 25 heavy (non-hydrogen) atoms. The summed E-state index contributed by atoms with van der Waals surface area (Å²) in [6, 6.07) is 9.36. The van der Waals surface area contributed by atoms with E-state index in [1.165, 1.54) is 49.4 Å². The Kier molecular flexibility index (Phi) is 5.95. The number of carbonyl (C=O) groups excluding carboxylic acids is 2. The first kappa shape index (κ1) is 18.7. The molecule has 2 aromatic rings. The van der Waals surface area contributed by atoms with E-state index in [1.54, 1.807) is 0 Å². The van der Waals surface area contributed by atoms with Gasteiger partial charge in [-0.3, -0.25) is 14.9 Å². The van der Waals surface area contributed by atoms with E-state index in [4.69, 9.17) is 27.9 Å². The van der Waals surface area contributed by atoms with Crippen molar-refractivity contribution < 1.29 is 19.2 Å². The molecule has 0 spiro atoms. The average molecular weight is 383 g/mol. The van der Waals surface area contributed by atoms with Crippen molar-refractivity contribution >= 4 is 46.5 Å². The monoisotopic (exact) mass is 382 g/mol. The van der Waals surface area contributed by atoms with Crippen LogP contribution in [0.4, 0.5) is 11.4 Å². The molecule has 1 amide bonds. The third-order valence-corrected chi connectivity index (χ3v) is 3.53. The molecule has 1 atom stereocenters. The number of nitrogens with zero attached hydrogens (tertiary/aromatic N) is 1. The first-order chi connectivity index (χ1) is 11.8. The molecule has 0 aromatic heterocycles. The second-order valence-corrected chi connectivity index (χ2v) is 5.87. The SMILES string of the molecule is C[C@@H](OC(=O)c1ccc([N+](=O)[O-])cc1)C(=O)Nc1cc(Cl)cc(Cl)c1. The topological polar surface area (TPSA) is 98.5 Å². The number of ether oxygens (including phenoxy) is 1. The molecule has 0 aliphatic heterocycles. The molecule has 2 aromatic carbocycles. The maximum atomic E-state index is 12.1. The van der Waals surface area contributed by atoms with Crippen molar-refractivity contribution in [2.75, 3.05) is 5.32 Å². The van der Waals surface area contributed by atoms with Gasteiger partial charge < -0.3 is 10.1 Å². The summed E-state index contributed by atoms with van der Waals surface area (Å²) in [7, 11) is 0. The number of nitro benzene ring substituents is 1. The van der Waals surface area contributed by atoms with Gasteiger partial charge in [0.1, 0.15) is 0 Å². The number of rotatable bonds is 5. The lowest BCUT2D eigenvalue weighted by Crippen LogP contribution is -2.30. The van der Waals surface area contributed by atoms with Crippen LogP contribution in [0.15, 0.2) is 42.5 Å². The molecule has 0 bridgehead atoms. The largest absolute Gasteiger partial charge is 0.449 e. The lowest BCUT2D eigenvalue weighted by Gasteiger charge is -2.14. The smallest absolute Gasteiger partial charge is 0.338 e. The third-order valence-electron chi connectivity index (χ3n) is 3.10. The number of non-ortho nitro benzene ring substituents is 1.